The Labute approximate surface area is 191 Å². The zero-order valence-electron chi connectivity index (χ0n) is 17.7. The summed E-state index contributed by atoms with van der Waals surface area (Å²) in [6, 6.07) is 21.8. The molecule has 0 aliphatic rings. The summed E-state index contributed by atoms with van der Waals surface area (Å²) in [5.41, 5.74) is 3.61. The summed E-state index contributed by atoms with van der Waals surface area (Å²) in [6.07, 6.45) is 0.890. The minimum atomic E-state index is -3.69. The van der Waals surface area contributed by atoms with E-state index >= 15 is 0 Å². The smallest absolute Gasteiger partial charge is 0.308 e. The number of carbonyl (C=O) groups excluding carboxylic acids is 2. The summed E-state index contributed by atoms with van der Waals surface area (Å²) in [7, 11) is -3.69. The summed E-state index contributed by atoms with van der Waals surface area (Å²) in [4.78, 5) is 34.5. The molecule has 3 aromatic carbocycles. The topological polar surface area (TPSA) is 134 Å². The summed E-state index contributed by atoms with van der Waals surface area (Å²) in [6.45, 7) is 0. The molecule has 3 amide bonds. The zero-order chi connectivity index (χ0) is 23.8. The quantitative estimate of drug-likeness (QED) is 0.435. The lowest BCUT2D eigenvalue weighted by molar-refractivity contribution is -0.119. The van der Waals surface area contributed by atoms with Crippen molar-refractivity contribution in [3.63, 3.8) is 0 Å². The maximum Gasteiger partial charge on any atom is 0.323 e. The third kappa shape index (κ3) is 7.34. The van der Waals surface area contributed by atoms with Gasteiger partial charge in [-0.2, -0.15) is 0 Å². The van der Waals surface area contributed by atoms with Crippen LogP contribution in [-0.4, -0.2) is 32.7 Å². The van der Waals surface area contributed by atoms with Crippen molar-refractivity contribution in [2.75, 3.05) is 16.9 Å². The molecule has 1 atom stereocenters. The predicted octanol–water partition coefficient (Wildman–Crippen LogP) is 3.75. The van der Waals surface area contributed by atoms with Gasteiger partial charge in [0.15, 0.2) is 0 Å². The van der Waals surface area contributed by atoms with Gasteiger partial charge in [-0.25, -0.2) is 17.9 Å². The van der Waals surface area contributed by atoms with E-state index in [9.17, 15) is 22.9 Å². The summed E-state index contributed by atoms with van der Waals surface area (Å²) in [5, 5.41) is 7.87. The molecule has 0 saturated heterocycles. The Kier molecular flexibility index (Phi) is 7.65. The highest BCUT2D eigenvalue weighted by molar-refractivity contribution is 7.88. The Bertz CT molecular complexity index is 1250. The number of nitrogens with one attached hydrogen (secondary N) is 3. The van der Waals surface area contributed by atoms with Gasteiger partial charge in [-0.1, -0.05) is 54.6 Å². The average molecular weight is 467 g/mol. The summed E-state index contributed by atoms with van der Waals surface area (Å²) in [5.74, 6) is -1.09. The first-order valence-electron chi connectivity index (χ1n) is 9.90. The molecule has 33 heavy (non-hydrogen) atoms. The normalized spacial score (nSPS) is 11.9. The van der Waals surface area contributed by atoms with E-state index in [2.05, 4.69) is 20.5 Å². The molecule has 0 aliphatic heterocycles. The number of amides is 3. The van der Waals surface area contributed by atoms with E-state index in [0.717, 1.165) is 17.4 Å². The highest BCUT2D eigenvalue weighted by Gasteiger charge is 2.23. The van der Waals surface area contributed by atoms with Crippen molar-refractivity contribution >= 4 is 33.3 Å². The first kappa shape index (κ1) is 23.8. The van der Waals surface area contributed by atoms with Gasteiger partial charge in [-0.15, -0.1) is 4.91 Å². The number of urea groups is 1. The molecule has 3 aromatic rings. The van der Waals surface area contributed by atoms with E-state index in [0.29, 0.717) is 16.9 Å². The molecule has 10 heteroatoms. The van der Waals surface area contributed by atoms with Gasteiger partial charge >= 0.3 is 11.9 Å². The first-order chi connectivity index (χ1) is 15.7. The molecule has 0 fully saturated rings. The van der Waals surface area contributed by atoms with Crippen molar-refractivity contribution < 1.29 is 18.0 Å². The van der Waals surface area contributed by atoms with Gasteiger partial charge in [0.2, 0.25) is 10.0 Å². The number of nitrogens with zero attached hydrogens (tertiary/aromatic N) is 1. The lowest BCUT2D eigenvalue weighted by Gasteiger charge is -2.13. The Morgan fingerprint density at radius 3 is 2.12 bits per heavy atom. The van der Waals surface area contributed by atoms with Crippen LogP contribution in [-0.2, 0) is 21.2 Å². The van der Waals surface area contributed by atoms with Gasteiger partial charge < -0.3 is 10.6 Å². The van der Waals surface area contributed by atoms with Crippen LogP contribution in [0.2, 0.25) is 0 Å². The van der Waals surface area contributed by atoms with Crippen molar-refractivity contribution in [2.24, 2.45) is 5.18 Å². The van der Waals surface area contributed by atoms with E-state index in [4.69, 9.17) is 0 Å². The number of para-hydroxylation sites is 1. The van der Waals surface area contributed by atoms with Gasteiger partial charge in [0, 0.05) is 16.6 Å². The Hall–Kier alpha value is -3.89. The SMILES string of the molecule is CS(=O)(=O)NC(Cc1ccc(-c2cccc(NC(=O)Nc3ccccc3)c2)cc1)C(=O)N=O. The molecule has 3 N–H and O–H groups in total. The van der Waals surface area contributed by atoms with Gasteiger partial charge in [-0.3, -0.25) is 4.79 Å². The number of hydrogen-bond acceptors (Lipinski definition) is 5. The summed E-state index contributed by atoms with van der Waals surface area (Å²) < 4.78 is 25.0. The molecular formula is C23H22N4O5S. The molecular weight excluding hydrogens is 444 g/mol. The first-order valence-corrected chi connectivity index (χ1v) is 11.8. The Balaban J connectivity index is 1.69. The van der Waals surface area contributed by atoms with Crippen LogP contribution in [0.25, 0.3) is 11.1 Å². The van der Waals surface area contributed by atoms with E-state index in [1.54, 1.807) is 42.5 Å². The fourth-order valence-electron chi connectivity index (χ4n) is 3.16. The fraction of sp³-hybridized carbons (Fsp3) is 0.130. The molecule has 170 valence electrons. The molecule has 0 spiro atoms. The highest BCUT2D eigenvalue weighted by atomic mass is 32.2. The third-order valence-corrected chi connectivity index (χ3v) is 5.34. The van der Waals surface area contributed by atoms with Gasteiger partial charge in [0.05, 0.1) is 6.26 Å². The Morgan fingerprint density at radius 1 is 0.848 bits per heavy atom. The second kappa shape index (κ2) is 10.6. The van der Waals surface area contributed by atoms with Crippen molar-refractivity contribution in [3.8, 4) is 11.1 Å². The van der Waals surface area contributed by atoms with Crippen molar-refractivity contribution in [3.05, 3.63) is 89.3 Å². The van der Waals surface area contributed by atoms with Crippen molar-refractivity contribution in [2.45, 2.75) is 12.5 Å². The second-order valence-corrected chi connectivity index (χ2v) is 9.08. The van der Waals surface area contributed by atoms with Crippen LogP contribution in [0.1, 0.15) is 5.56 Å². The standard InChI is InChI=1S/C23H22N4O5S/c1-33(31,32)27-21(22(28)26-30)14-16-10-12-17(13-11-16)18-6-5-9-20(15-18)25-23(29)24-19-7-3-2-4-8-19/h2-13,15,21,27H,14H2,1H3,(H2,24,25,29). The van der Waals surface area contributed by atoms with Crippen molar-refractivity contribution in [1.82, 2.24) is 4.72 Å². The summed E-state index contributed by atoms with van der Waals surface area (Å²) >= 11 is 0. The van der Waals surface area contributed by atoms with E-state index in [-0.39, 0.29) is 12.5 Å². The van der Waals surface area contributed by atoms with Crippen LogP contribution in [0.15, 0.2) is 84.0 Å². The van der Waals surface area contributed by atoms with Crippen LogP contribution < -0.4 is 15.4 Å². The molecule has 0 bridgehead atoms. The highest BCUT2D eigenvalue weighted by Crippen LogP contribution is 2.24. The fourth-order valence-corrected chi connectivity index (χ4v) is 3.86. The minimum absolute atomic E-state index is 0.0147. The van der Waals surface area contributed by atoms with E-state index in [1.807, 2.05) is 36.4 Å². The molecule has 1 unspecified atom stereocenters. The monoisotopic (exact) mass is 466 g/mol. The van der Waals surface area contributed by atoms with Crippen LogP contribution in [0.3, 0.4) is 0 Å². The van der Waals surface area contributed by atoms with Crippen LogP contribution >= 0.6 is 0 Å². The largest absolute Gasteiger partial charge is 0.323 e. The second-order valence-electron chi connectivity index (χ2n) is 7.30. The van der Waals surface area contributed by atoms with Gasteiger partial charge in [0.1, 0.15) is 6.04 Å². The van der Waals surface area contributed by atoms with Crippen LogP contribution in [0, 0.1) is 4.91 Å². The molecule has 0 radical (unpaired) electrons. The van der Waals surface area contributed by atoms with Gasteiger partial charge in [0.25, 0.3) is 0 Å². The van der Waals surface area contributed by atoms with E-state index < -0.39 is 22.0 Å². The maximum atomic E-state index is 12.2. The number of rotatable bonds is 8. The van der Waals surface area contributed by atoms with Gasteiger partial charge in [-0.05, 0) is 47.4 Å². The van der Waals surface area contributed by atoms with E-state index in [1.165, 1.54) is 0 Å². The predicted molar refractivity (Wildman–Crippen MR) is 127 cm³/mol. The number of nitroso groups, excluding NO2 is 1. The van der Waals surface area contributed by atoms with Crippen LogP contribution in [0.5, 0.6) is 0 Å². The number of anilines is 2. The number of sulfonamides is 1. The molecule has 9 nitrogen and oxygen atoms in total. The van der Waals surface area contributed by atoms with Crippen LogP contribution in [0.4, 0.5) is 16.2 Å². The lowest BCUT2D eigenvalue weighted by atomic mass is 10.0. The number of carbonyl (C=O) groups is 2. The minimum Gasteiger partial charge on any atom is -0.308 e. The molecule has 0 heterocycles. The molecule has 0 saturated carbocycles. The maximum absolute atomic E-state index is 12.2. The molecule has 0 aromatic heterocycles. The average Bonchev–Trinajstić information content (AvgIpc) is 2.78. The number of benzene rings is 3. The molecule has 0 aliphatic carbocycles. The zero-order valence-corrected chi connectivity index (χ0v) is 18.5. The van der Waals surface area contributed by atoms with Crippen molar-refractivity contribution in [1.29, 1.82) is 0 Å². The third-order valence-electron chi connectivity index (χ3n) is 4.62. The Morgan fingerprint density at radius 2 is 1.48 bits per heavy atom. The lowest BCUT2D eigenvalue weighted by Crippen LogP contribution is -2.40. The molecule has 3 rings (SSSR count). The number of hydrogen-bond donors (Lipinski definition) is 3.